The molecule has 1 aliphatic rings. The van der Waals surface area contributed by atoms with Gasteiger partial charge in [-0.1, -0.05) is 0 Å². The van der Waals surface area contributed by atoms with Crippen LogP contribution < -0.4 is 5.32 Å². The van der Waals surface area contributed by atoms with Crippen molar-refractivity contribution in [3.05, 3.63) is 0 Å². The first-order chi connectivity index (χ1) is 7.74. The van der Waals surface area contributed by atoms with E-state index in [1.54, 1.807) is 0 Å². The van der Waals surface area contributed by atoms with Gasteiger partial charge in [-0.05, 0) is 40.2 Å². The fourth-order valence-electron chi connectivity index (χ4n) is 2.32. The van der Waals surface area contributed by atoms with Gasteiger partial charge in [-0.15, -0.1) is 0 Å². The molecule has 1 N–H and O–H groups in total. The third-order valence-electron chi connectivity index (χ3n) is 3.33. The standard InChI is InChI=1S/C12H25N3O/c1-4-14(5-2)12(16)15(6-3)11-8-7-9-13-10-11/h11,13H,4-10H2,1-3H3. The summed E-state index contributed by atoms with van der Waals surface area (Å²) in [7, 11) is 0. The minimum Gasteiger partial charge on any atom is -0.325 e. The molecule has 1 atom stereocenters. The van der Waals surface area contributed by atoms with Crippen LogP contribution in [0.3, 0.4) is 0 Å². The van der Waals surface area contributed by atoms with Crippen LogP contribution in [0, 0.1) is 0 Å². The van der Waals surface area contributed by atoms with Crippen LogP contribution in [0.4, 0.5) is 4.79 Å². The van der Waals surface area contributed by atoms with E-state index in [2.05, 4.69) is 12.2 Å². The maximum Gasteiger partial charge on any atom is 0.320 e. The lowest BCUT2D eigenvalue weighted by molar-refractivity contribution is 0.130. The van der Waals surface area contributed by atoms with E-state index in [4.69, 9.17) is 0 Å². The zero-order valence-corrected chi connectivity index (χ0v) is 10.8. The highest BCUT2D eigenvalue weighted by Gasteiger charge is 2.26. The topological polar surface area (TPSA) is 35.6 Å². The molecule has 1 saturated heterocycles. The van der Waals surface area contributed by atoms with Crippen molar-refractivity contribution < 1.29 is 4.79 Å². The van der Waals surface area contributed by atoms with E-state index in [1.807, 2.05) is 23.6 Å². The van der Waals surface area contributed by atoms with Crippen LogP contribution >= 0.6 is 0 Å². The second-order valence-electron chi connectivity index (χ2n) is 4.24. The number of piperidine rings is 1. The third kappa shape index (κ3) is 3.11. The Morgan fingerprint density at radius 2 is 1.94 bits per heavy atom. The van der Waals surface area contributed by atoms with Crippen LogP contribution in [0.1, 0.15) is 33.6 Å². The number of carbonyl (C=O) groups excluding carboxylic acids is 1. The molecule has 1 aliphatic heterocycles. The van der Waals surface area contributed by atoms with Gasteiger partial charge in [0.15, 0.2) is 0 Å². The zero-order valence-electron chi connectivity index (χ0n) is 10.8. The Hall–Kier alpha value is -0.770. The van der Waals surface area contributed by atoms with Crippen molar-refractivity contribution in [3.8, 4) is 0 Å². The first-order valence-electron chi connectivity index (χ1n) is 6.50. The molecular weight excluding hydrogens is 202 g/mol. The Balaban J connectivity index is 2.60. The molecule has 4 nitrogen and oxygen atoms in total. The number of amides is 2. The van der Waals surface area contributed by atoms with Crippen molar-refractivity contribution in [2.24, 2.45) is 0 Å². The SMILES string of the molecule is CCN(CC)C(=O)N(CC)C1CCCNC1. The molecule has 0 spiro atoms. The van der Waals surface area contributed by atoms with Gasteiger partial charge in [0.25, 0.3) is 0 Å². The maximum absolute atomic E-state index is 12.3. The van der Waals surface area contributed by atoms with Crippen molar-refractivity contribution in [2.45, 2.75) is 39.7 Å². The zero-order chi connectivity index (χ0) is 12.0. The lowest BCUT2D eigenvalue weighted by Gasteiger charge is -2.37. The lowest BCUT2D eigenvalue weighted by atomic mass is 10.1. The van der Waals surface area contributed by atoms with E-state index in [0.29, 0.717) is 6.04 Å². The quantitative estimate of drug-likeness (QED) is 0.790. The molecule has 1 unspecified atom stereocenters. The number of hydrogen-bond donors (Lipinski definition) is 1. The molecule has 2 amide bonds. The summed E-state index contributed by atoms with van der Waals surface area (Å²) in [6.45, 7) is 10.6. The van der Waals surface area contributed by atoms with Crippen LogP contribution in [0.5, 0.6) is 0 Å². The molecule has 4 heteroatoms. The number of likely N-dealkylation sites (N-methyl/N-ethyl adjacent to an activating group) is 1. The fraction of sp³-hybridized carbons (Fsp3) is 0.917. The van der Waals surface area contributed by atoms with Gasteiger partial charge in [0.05, 0.1) is 0 Å². The van der Waals surface area contributed by atoms with Gasteiger partial charge >= 0.3 is 6.03 Å². The molecular formula is C12H25N3O. The van der Waals surface area contributed by atoms with E-state index < -0.39 is 0 Å². The minimum absolute atomic E-state index is 0.196. The van der Waals surface area contributed by atoms with Crippen molar-refractivity contribution in [2.75, 3.05) is 32.7 Å². The summed E-state index contributed by atoms with van der Waals surface area (Å²) in [4.78, 5) is 16.2. The van der Waals surface area contributed by atoms with Gasteiger partial charge in [0.1, 0.15) is 0 Å². The molecule has 16 heavy (non-hydrogen) atoms. The fourth-order valence-corrected chi connectivity index (χ4v) is 2.32. The number of nitrogens with one attached hydrogen (secondary N) is 1. The monoisotopic (exact) mass is 227 g/mol. The summed E-state index contributed by atoms with van der Waals surface area (Å²) >= 11 is 0. The second-order valence-corrected chi connectivity index (χ2v) is 4.24. The molecule has 1 heterocycles. The van der Waals surface area contributed by atoms with Crippen LogP contribution in [0.15, 0.2) is 0 Å². The average Bonchev–Trinajstić information content (AvgIpc) is 2.33. The Kier molecular flexibility index (Phi) is 5.60. The Morgan fingerprint density at radius 1 is 1.25 bits per heavy atom. The number of nitrogens with zero attached hydrogens (tertiary/aromatic N) is 2. The minimum atomic E-state index is 0.196. The Labute approximate surface area is 99.0 Å². The van der Waals surface area contributed by atoms with Gasteiger partial charge in [-0.25, -0.2) is 4.79 Å². The van der Waals surface area contributed by atoms with E-state index >= 15 is 0 Å². The lowest BCUT2D eigenvalue weighted by Crippen LogP contribution is -2.53. The van der Waals surface area contributed by atoms with Gasteiger partial charge in [-0.2, -0.15) is 0 Å². The Morgan fingerprint density at radius 3 is 2.38 bits per heavy atom. The van der Waals surface area contributed by atoms with Crippen molar-refractivity contribution in [1.29, 1.82) is 0 Å². The van der Waals surface area contributed by atoms with Gasteiger partial charge < -0.3 is 15.1 Å². The van der Waals surface area contributed by atoms with Crippen LogP contribution in [0.2, 0.25) is 0 Å². The summed E-state index contributed by atoms with van der Waals surface area (Å²) in [5.41, 5.74) is 0. The molecule has 1 fully saturated rings. The van der Waals surface area contributed by atoms with Gasteiger partial charge in [-0.3, -0.25) is 0 Å². The number of urea groups is 1. The molecule has 0 radical (unpaired) electrons. The van der Waals surface area contributed by atoms with Crippen LogP contribution in [-0.4, -0.2) is 54.6 Å². The largest absolute Gasteiger partial charge is 0.325 e. The van der Waals surface area contributed by atoms with Crippen LogP contribution in [-0.2, 0) is 0 Å². The number of rotatable bonds is 4. The van der Waals surface area contributed by atoms with Crippen molar-refractivity contribution >= 4 is 6.03 Å². The van der Waals surface area contributed by atoms with Crippen molar-refractivity contribution in [3.63, 3.8) is 0 Å². The van der Waals surface area contributed by atoms with E-state index in [9.17, 15) is 4.79 Å². The van der Waals surface area contributed by atoms with E-state index in [-0.39, 0.29) is 6.03 Å². The van der Waals surface area contributed by atoms with Crippen LogP contribution in [0.25, 0.3) is 0 Å². The highest BCUT2D eigenvalue weighted by atomic mass is 16.2. The molecule has 0 aromatic rings. The van der Waals surface area contributed by atoms with E-state index in [0.717, 1.165) is 39.1 Å². The average molecular weight is 227 g/mol. The molecule has 0 bridgehead atoms. The summed E-state index contributed by atoms with van der Waals surface area (Å²) in [6, 6.07) is 0.577. The second kappa shape index (κ2) is 6.74. The van der Waals surface area contributed by atoms with Crippen molar-refractivity contribution in [1.82, 2.24) is 15.1 Å². The van der Waals surface area contributed by atoms with Gasteiger partial charge in [0, 0.05) is 32.2 Å². The number of hydrogen-bond acceptors (Lipinski definition) is 2. The smallest absolute Gasteiger partial charge is 0.320 e. The molecule has 0 aromatic carbocycles. The van der Waals surface area contributed by atoms with Gasteiger partial charge in [0.2, 0.25) is 0 Å². The maximum atomic E-state index is 12.3. The molecule has 0 saturated carbocycles. The molecule has 94 valence electrons. The predicted octanol–water partition coefficient (Wildman–Crippen LogP) is 1.52. The summed E-state index contributed by atoms with van der Waals surface area (Å²) in [5.74, 6) is 0. The number of carbonyl (C=O) groups is 1. The summed E-state index contributed by atoms with van der Waals surface area (Å²) in [6.07, 6.45) is 2.31. The first-order valence-corrected chi connectivity index (χ1v) is 6.50. The summed E-state index contributed by atoms with van der Waals surface area (Å²) in [5, 5.41) is 3.37. The third-order valence-corrected chi connectivity index (χ3v) is 3.33. The molecule has 0 aromatic heterocycles. The Bertz CT molecular complexity index is 210. The highest BCUT2D eigenvalue weighted by Crippen LogP contribution is 2.12. The molecule has 0 aliphatic carbocycles. The normalized spacial score (nSPS) is 20.6. The molecule has 1 rings (SSSR count). The summed E-state index contributed by atoms with van der Waals surface area (Å²) < 4.78 is 0. The predicted molar refractivity (Wildman–Crippen MR) is 66.6 cm³/mol. The van der Waals surface area contributed by atoms with E-state index in [1.165, 1.54) is 6.42 Å². The highest BCUT2D eigenvalue weighted by molar-refractivity contribution is 5.74. The first kappa shape index (κ1) is 13.3.